The summed E-state index contributed by atoms with van der Waals surface area (Å²) in [6.07, 6.45) is 0.710. The molecular formula is C22H24N2O4. The van der Waals surface area contributed by atoms with Crippen LogP contribution in [0.4, 0.5) is 0 Å². The van der Waals surface area contributed by atoms with Gasteiger partial charge in [0, 0.05) is 18.1 Å². The molecule has 0 radical (unpaired) electrons. The second kappa shape index (κ2) is 8.25. The molecule has 0 aliphatic carbocycles. The van der Waals surface area contributed by atoms with Crippen molar-refractivity contribution < 1.29 is 18.7 Å². The molecule has 0 aliphatic heterocycles. The summed E-state index contributed by atoms with van der Waals surface area (Å²) in [6.45, 7) is 5.70. The number of carbonyl (C=O) groups is 2. The zero-order valence-electron chi connectivity index (χ0n) is 16.6. The highest BCUT2D eigenvalue weighted by atomic mass is 16.5. The molecule has 0 fully saturated rings. The number of fused-ring (bicyclic) bond motifs is 1. The molecule has 6 heteroatoms. The van der Waals surface area contributed by atoms with E-state index in [2.05, 4.69) is 4.98 Å². The van der Waals surface area contributed by atoms with E-state index in [9.17, 15) is 9.59 Å². The highest BCUT2D eigenvalue weighted by Crippen LogP contribution is 2.24. The van der Waals surface area contributed by atoms with Gasteiger partial charge in [-0.25, -0.2) is 4.79 Å². The lowest BCUT2D eigenvalue weighted by Crippen LogP contribution is -2.30. The standard InChI is InChI=1S/C22H24N2O4/c1-5-18-15(3)21(17-8-6-7-9-19(17)23-18)22(26)27-13-20(25)24(4)12-16-11-10-14(2)28-16/h6-11H,5,12-13H2,1-4H3. The number of amides is 1. The van der Waals surface area contributed by atoms with Gasteiger partial charge in [-0.3, -0.25) is 9.78 Å². The summed E-state index contributed by atoms with van der Waals surface area (Å²) in [7, 11) is 1.65. The van der Waals surface area contributed by atoms with Gasteiger partial charge < -0.3 is 14.1 Å². The number of ether oxygens (including phenoxy) is 1. The fourth-order valence-electron chi connectivity index (χ4n) is 3.17. The van der Waals surface area contributed by atoms with Crippen LogP contribution >= 0.6 is 0 Å². The van der Waals surface area contributed by atoms with Crippen molar-refractivity contribution in [1.29, 1.82) is 0 Å². The van der Waals surface area contributed by atoms with Crippen LogP contribution in [0.1, 0.15) is 40.1 Å². The second-order valence-electron chi connectivity index (χ2n) is 6.77. The molecule has 3 aromatic rings. The predicted octanol–water partition coefficient (Wildman–Crippen LogP) is 3.82. The lowest BCUT2D eigenvalue weighted by atomic mass is 10.0. The molecule has 0 saturated carbocycles. The van der Waals surface area contributed by atoms with Crippen molar-refractivity contribution in [1.82, 2.24) is 9.88 Å². The topological polar surface area (TPSA) is 72.6 Å². The Morgan fingerprint density at radius 1 is 1.14 bits per heavy atom. The smallest absolute Gasteiger partial charge is 0.339 e. The molecule has 0 spiro atoms. The van der Waals surface area contributed by atoms with Gasteiger partial charge in [0.2, 0.25) is 0 Å². The number of hydrogen-bond donors (Lipinski definition) is 0. The van der Waals surface area contributed by atoms with Crippen molar-refractivity contribution in [2.75, 3.05) is 13.7 Å². The van der Waals surface area contributed by atoms with Crippen LogP contribution in [0.25, 0.3) is 10.9 Å². The Labute approximate surface area is 164 Å². The minimum Gasteiger partial charge on any atom is -0.464 e. The number of rotatable bonds is 6. The number of likely N-dealkylation sites (N-methyl/N-ethyl adjacent to an activating group) is 1. The first-order chi connectivity index (χ1) is 13.4. The van der Waals surface area contributed by atoms with Gasteiger partial charge in [0.05, 0.1) is 17.6 Å². The van der Waals surface area contributed by atoms with Crippen LogP contribution in [0, 0.1) is 13.8 Å². The molecule has 1 amide bonds. The van der Waals surface area contributed by atoms with E-state index in [-0.39, 0.29) is 12.5 Å². The molecule has 0 unspecified atom stereocenters. The molecule has 1 aromatic carbocycles. The normalized spacial score (nSPS) is 10.9. The largest absolute Gasteiger partial charge is 0.464 e. The number of pyridine rings is 1. The van der Waals surface area contributed by atoms with Crippen LogP contribution < -0.4 is 0 Å². The first-order valence-electron chi connectivity index (χ1n) is 9.25. The van der Waals surface area contributed by atoms with Crippen LogP contribution in [0.15, 0.2) is 40.8 Å². The van der Waals surface area contributed by atoms with Gasteiger partial charge in [-0.2, -0.15) is 0 Å². The number of carbonyl (C=O) groups excluding carboxylic acids is 2. The van der Waals surface area contributed by atoms with Gasteiger partial charge in [-0.1, -0.05) is 25.1 Å². The van der Waals surface area contributed by atoms with Crippen LogP contribution in [0.2, 0.25) is 0 Å². The fourth-order valence-corrected chi connectivity index (χ4v) is 3.17. The average Bonchev–Trinajstić information content (AvgIpc) is 3.09. The summed E-state index contributed by atoms with van der Waals surface area (Å²) in [4.78, 5) is 31.2. The van der Waals surface area contributed by atoms with E-state index in [0.29, 0.717) is 24.3 Å². The number of esters is 1. The van der Waals surface area contributed by atoms with E-state index in [4.69, 9.17) is 9.15 Å². The molecule has 0 saturated heterocycles. The van der Waals surface area contributed by atoms with Gasteiger partial charge in [-0.15, -0.1) is 0 Å². The maximum atomic E-state index is 12.8. The Balaban J connectivity index is 1.74. The summed E-state index contributed by atoms with van der Waals surface area (Å²) in [5, 5.41) is 0.731. The summed E-state index contributed by atoms with van der Waals surface area (Å²) in [5.74, 6) is 0.660. The summed E-state index contributed by atoms with van der Waals surface area (Å²) in [5.41, 5.74) is 2.86. The molecule has 2 aromatic heterocycles. The first-order valence-corrected chi connectivity index (χ1v) is 9.25. The minimum absolute atomic E-state index is 0.297. The van der Waals surface area contributed by atoms with Crippen LogP contribution in [0.5, 0.6) is 0 Å². The van der Waals surface area contributed by atoms with E-state index >= 15 is 0 Å². The lowest BCUT2D eigenvalue weighted by Gasteiger charge is -2.17. The molecule has 0 bridgehead atoms. The monoisotopic (exact) mass is 380 g/mol. The highest BCUT2D eigenvalue weighted by molar-refractivity contribution is 6.05. The van der Waals surface area contributed by atoms with Crippen LogP contribution in [0.3, 0.4) is 0 Å². The van der Waals surface area contributed by atoms with Crippen molar-refractivity contribution in [3.05, 3.63) is 64.7 Å². The van der Waals surface area contributed by atoms with Gasteiger partial charge in [0.15, 0.2) is 6.61 Å². The number of aryl methyl sites for hydroxylation is 2. The van der Waals surface area contributed by atoms with Gasteiger partial charge in [0.25, 0.3) is 5.91 Å². The maximum absolute atomic E-state index is 12.8. The number of furan rings is 1. The van der Waals surface area contributed by atoms with Crippen molar-refractivity contribution in [3.63, 3.8) is 0 Å². The molecule has 28 heavy (non-hydrogen) atoms. The number of hydrogen-bond acceptors (Lipinski definition) is 5. The Morgan fingerprint density at radius 3 is 2.57 bits per heavy atom. The maximum Gasteiger partial charge on any atom is 0.339 e. The third-order valence-corrected chi connectivity index (χ3v) is 4.72. The molecule has 2 heterocycles. The Kier molecular flexibility index (Phi) is 5.78. The Hall–Kier alpha value is -3.15. The Bertz CT molecular complexity index is 1020. The third-order valence-electron chi connectivity index (χ3n) is 4.72. The molecular weight excluding hydrogens is 356 g/mol. The predicted molar refractivity (Wildman–Crippen MR) is 106 cm³/mol. The number of nitrogens with zero attached hydrogens (tertiary/aromatic N) is 2. The van der Waals surface area contributed by atoms with Gasteiger partial charge in [0.1, 0.15) is 11.5 Å². The Morgan fingerprint density at radius 2 is 1.89 bits per heavy atom. The average molecular weight is 380 g/mol. The summed E-state index contributed by atoms with van der Waals surface area (Å²) in [6, 6.07) is 11.1. The van der Waals surface area contributed by atoms with Crippen molar-refractivity contribution in [2.45, 2.75) is 33.7 Å². The fraction of sp³-hybridized carbons (Fsp3) is 0.318. The molecule has 0 aliphatic rings. The summed E-state index contributed by atoms with van der Waals surface area (Å²) < 4.78 is 10.8. The molecule has 0 atom stereocenters. The van der Waals surface area contributed by atoms with E-state index in [1.165, 1.54) is 4.90 Å². The lowest BCUT2D eigenvalue weighted by molar-refractivity contribution is -0.134. The molecule has 146 valence electrons. The molecule has 3 rings (SSSR count). The van der Waals surface area contributed by atoms with E-state index in [0.717, 1.165) is 27.9 Å². The van der Waals surface area contributed by atoms with E-state index < -0.39 is 5.97 Å². The van der Waals surface area contributed by atoms with Crippen LogP contribution in [-0.2, 0) is 22.5 Å². The van der Waals surface area contributed by atoms with Crippen molar-refractivity contribution >= 4 is 22.8 Å². The highest BCUT2D eigenvalue weighted by Gasteiger charge is 2.20. The SMILES string of the molecule is CCc1nc2ccccc2c(C(=O)OCC(=O)N(C)Cc2ccc(C)o2)c1C. The molecule has 0 N–H and O–H groups in total. The number of aromatic nitrogens is 1. The number of benzene rings is 1. The quantitative estimate of drug-likeness (QED) is 0.608. The third kappa shape index (κ3) is 4.06. The van der Waals surface area contributed by atoms with E-state index in [1.807, 2.05) is 57.2 Å². The van der Waals surface area contributed by atoms with Crippen molar-refractivity contribution in [2.24, 2.45) is 0 Å². The zero-order chi connectivity index (χ0) is 20.3. The second-order valence-corrected chi connectivity index (χ2v) is 6.77. The first kappa shape index (κ1) is 19.6. The number of para-hydroxylation sites is 1. The minimum atomic E-state index is -0.513. The zero-order valence-corrected chi connectivity index (χ0v) is 16.6. The summed E-state index contributed by atoms with van der Waals surface area (Å²) >= 11 is 0. The van der Waals surface area contributed by atoms with Gasteiger partial charge >= 0.3 is 5.97 Å². The molecule has 6 nitrogen and oxygen atoms in total. The van der Waals surface area contributed by atoms with Crippen LogP contribution in [-0.4, -0.2) is 35.4 Å². The van der Waals surface area contributed by atoms with E-state index in [1.54, 1.807) is 7.05 Å². The van der Waals surface area contributed by atoms with Gasteiger partial charge in [-0.05, 0) is 44.0 Å². The van der Waals surface area contributed by atoms with Crippen molar-refractivity contribution in [3.8, 4) is 0 Å².